The van der Waals surface area contributed by atoms with Crippen LogP contribution in [0.3, 0.4) is 0 Å². The summed E-state index contributed by atoms with van der Waals surface area (Å²) in [6.45, 7) is 1.63. The lowest BCUT2D eigenvalue weighted by molar-refractivity contribution is -0.135. The first-order valence-electron chi connectivity index (χ1n) is 9.09. The fourth-order valence-electron chi connectivity index (χ4n) is 3.14. The van der Waals surface area contributed by atoms with Crippen molar-refractivity contribution in [3.05, 3.63) is 89.4 Å². The lowest BCUT2D eigenvalue weighted by Gasteiger charge is -2.20. The number of furan rings is 1. The summed E-state index contributed by atoms with van der Waals surface area (Å²) in [5, 5.41) is 5.82. The molecule has 29 heavy (non-hydrogen) atoms. The number of amides is 1. The number of carbonyl (C=O) groups excluding carboxylic acids is 1. The summed E-state index contributed by atoms with van der Waals surface area (Å²) in [6, 6.07) is 14.1. The molecule has 2 aromatic carbocycles. The highest BCUT2D eigenvalue weighted by molar-refractivity contribution is 6.03. The predicted octanol–water partition coefficient (Wildman–Crippen LogP) is 4.62. The van der Waals surface area contributed by atoms with Crippen LogP contribution in [-0.2, 0) is 4.79 Å². The van der Waals surface area contributed by atoms with Crippen LogP contribution in [0.2, 0.25) is 0 Å². The molecule has 0 spiro atoms. The molecule has 0 radical (unpaired) electrons. The number of hydrogen-bond acceptors (Lipinski definition) is 4. The van der Waals surface area contributed by atoms with Crippen molar-refractivity contribution in [3.8, 4) is 5.75 Å². The Kier molecular flexibility index (Phi) is 5.12. The number of ether oxygens (including phenoxy) is 1. The monoisotopic (exact) mass is 396 g/mol. The molecule has 0 bridgehead atoms. The quantitative estimate of drug-likeness (QED) is 0.632. The van der Waals surface area contributed by atoms with Gasteiger partial charge in [0.2, 0.25) is 0 Å². The standard InChI is InChI=1S/C22H18F2N2O3/c1-14-4-6-15(7-5-14)19-12-20(21-3-2-10-28-21)26(25-19)22(27)13-29-16-8-9-17(23)18(24)11-16/h2-11,20H,12-13H2,1H3/t20-/m1/s1. The second-order valence-electron chi connectivity index (χ2n) is 6.75. The van der Waals surface area contributed by atoms with E-state index in [0.29, 0.717) is 12.2 Å². The highest BCUT2D eigenvalue weighted by atomic mass is 19.2. The normalized spacial score (nSPS) is 16.0. The van der Waals surface area contributed by atoms with Gasteiger partial charge in [0.1, 0.15) is 17.6 Å². The van der Waals surface area contributed by atoms with Crippen LogP contribution in [0.4, 0.5) is 8.78 Å². The van der Waals surface area contributed by atoms with E-state index in [9.17, 15) is 13.6 Å². The second kappa shape index (κ2) is 7.87. The molecule has 1 aromatic heterocycles. The highest BCUT2D eigenvalue weighted by Gasteiger charge is 2.35. The molecule has 0 saturated carbocycles. The SMILES string of the molecule is Cc1ccc(C2=NN(C(=O)COc3ccc(F)c(F)c3)[C@@H](c3ccco3)C2)cc1. The van der Waals surface area contributed by atoms with Crippen molar-refractivity contribution in [2.24, 2.45) is 5.10 Å². The van der Waals surface area contributed by atoms with E-state index >= 15 is 0 Å². The molecule has 2 heterocycles. The minimum absolute atomic E-state index is 0.0636. The van der Waals surface area contributed by atoms with Gasteiger partial charge in [0.25, 0.3) is 5.91 Å². The van der Waals surface area contributed by atoms with Gasteiger partial charge in [-0.15, -0.1) is 0 Å². The summed E-state index contributed by atoms with van der Waals surface area (Å²) in [7, 11) is 0. The molecule has 3 aromatic rings. The predicted molar refractivity (Wildman–Crippen MR) is 102 cm³/mol. The molecule has 1 amide bonds. The van der Waals surface area contributed by atoms with Gasteiger partial charge >= 0.3 is 0 Å². The lowest BCUT2D eigenvalue weighted by atomic mass is 10.0. The van der Waals surface area contributed by atoms with E-state index in [1.54, 1.807) is 18.4 Å². The number of benzene rings is 2. The van der Waals surface area contributed by atoms with Crippen molar-refractivity contribution >= 4 is 11.6 Å². The van der Waals surface area contributed by atoms with E-state index in [-0.39, 0.29) is 12.4 Å². The largest absolute Gasteiger partial charge is 0.484 e. The minimum atomic E-state index is -1.04. The molecular weight excluding hydrogens is 378 g/mol. The first-order chi connectivity index (χ1) is 14.0. The van der Waals surface area contributed by atoms with Crippen molar-refractivity contribution in [1.29, 1.82) is 0 Å². The molecule has 0 N–H and O–H groups in total. The summed E-state index contributed by atoms with van der Waals surface area (Å²) in [4.78, 5) is 12.8. The molecule has 0 unspecified atom stereocenters. The lowest BCUT2D eigenvalue weighted by Crippen LogP contribution is -2.31. The van der Waals surface area contributed by atoms with Crippen molar-refractivity contribution in [3.63, 3.8) is 0 Å². The molecule has 1 aliphatic heterocycles. The molecule has 0 saturated heterocycles. The Balaban J connectivity index is 1.54. The van der Waals surface area contributed by atoms with Crippen LogP contribution >= 0.6 is 0 Å². The number of halogens is 2. The number of carbonyl (C=O) groups is 1. The summed E-state index contributed by atoms with van der Waals surface area (Å²) in [5.74, 6) is -1.76. The maximum absolute atomic E-state index is 13.3. The molecule has 1 atom stereocenters. The number of hydrazone groups is 1. The van der Waals surface area contributed by atoms with Crippen molar-refractivity contribution in [2.45, 2.75) is 19.4 Å². The van der Waals surface area contributed by atoms with Crippen LogP contribution in [0.5, 0.6) is 5.75 Å². The zero-order valence-corrected chi connectivity index (χ0v) is 15.6. The third kappa shape index (κ3) is 4.03. The van der Waals surface area contributed by atoms with E-state index in [1.165, 1.54) is 11.1 Å². The summed E-state index contributed by atoms with van der Waals surface area (Å²) < 4.78 is 37.2. The maximum atomic E-state index is 13.3. The fraction of sp³-hybridized carbons (Fsp3) is 0.182. The average Bonchev–Trinajstić information content (AvgIpc) is 3.39. The third-order valence-corrected chi connectivity index (χ3v) is 4.68. The number of rotatable bonds is 5. The Morgan fingerprint density at radius 1 is 1.17 bits per heavy atom. The van der Waals surface area contributed by atoms with Gasteiger partial charge in [-0.2, -0.15) is 5.10 Å². The van der Waals surface area contributed by atoms with Gasteiger partial charge in [-0.3, -0.25) is 4.79 Å². The van der Waals surface area contributed by atoms with Crippen LogP contribution in [0.1, 0.15) is 29.3 Å². The topological polar surface area (TPSA) is 55.0 Å². The van der Waals surface area contributed by atoms with Crippen molar-refractivity contribution < 1.29 is 22.7 Å². The van der Waals surface area contributed by atoms with Crippen LogP contribution in [-0.4, -0.2) is 23.2 Å². The maximum Gasteiger partial charge on any atom is 0.281 e. The molecule has 4 rings (SSSR count). The van der Waals surface area contributed by atoms with E-state index in [1.807, 2.05) is 31.2 Å². The number of aryl methyl sites for hydroxylation is 1. The molecule has 0 fully saturated rings. The smallest absolute Gasteiger partial charge is 0.281 e. The summed E-state index contributed by atoms with van der Waals surface area (Å²) in [6.07, 6.45) is 2.03. The van der Waals surface area contributed by atoms with E-state index < -0.39 is 23.6 Å². The van der Waals surface area contributed by atoms with Crippen LogP contribution < -0.4 is 4.74 Å². The average molecular weight is 396 g/mol. The molecule has 148 valence electrons. The summed E-state index contributed by atoms with van der Waals surface area (Å²) in [5.41, 5.74) is 2.80. The van der Waals surface area contributed by atoms with Crippen molar-refractivity contribution in [2.75, 3.05) is 6.61 Å². The number of nitrogens with zero attached hydrogens (tertiary/aromatic N) is 2. The van der Waals surface area contributed by atoms with E-state index in [4.69, 9.17) is 9.15 Å². The molecule has 5 nitrogen and oxygen atoms in total. The van der Waals surface area contributed by atoms with Crippen molar-refractivity contribution in [1.82, 2.24) is 5.01 Å². The molecule has 0 aliphatic carbocycles. The Hall–Kier alpha value is -3.48. The van der Waals surface area contributed by atoms with Gasteiger partial charge in [0.15, 0.2) is 18.2 Å². The zero-order chi connectivity index (χ0) is 20.4. The van der Waals surface area contributed by atoms with Crippen LogP contribution in [0.25, 0.3) is 0 Å². The summed E-state index contributed by atoms with van der Waals surface area (Å²) >= 11 is 0. The Bertz CT molecular complexity index is 1050. The van der Waals surface area contributed by atoms with Gasteiger partial charge in [-0.05, 0) is 36.8 Å². The second-order valence-corrected chi connectivity index (χ2v) is 6.75. The minimum Gasteiger partial charge on any atom is -0.484 e. The number of hydrogen-bond donors (Lipinski definition) is 0. The first kappa shape index (κ1) is 18.9. The van der Waals surface area contributed by atoms with Gasteiger partial charge in [0, 0.05) is 12.5 Å². The first-order valence-corrected chi connectivity index (χ1v) is 9.09. The van der Waals surface area contributed by atoms with Gasteiger partial charge in [0.05, 0.1) is 12.0 Å². The fourth-order valence-corrected chi connectivity index (χ4v) is 3.14. The molecular formula is C22H18F2N2O3. The van der Waals surface area contributed by atoms with Crippen LogP contribution in [0.15, 0.2) is 70.4 Å². The van der Waals surface area contributed by atoms with Crippen LogP contribution in [0, 0.1) is 18.6 Å². The van der Waals surface area contributed by atoms with Gasteiger partial charge in [-0.1, -0.05) is 29.8 Å². The van der Waals surface area contributed by atoms with E-state index in [0.717, 1.165) is 29.0 Å². The third-order valence-electron chi connectivity index (χ3n) is 4.68. The Labute approximate surface area is 166 Å². The molecule has 7 heteroatoms. The highest BCUT2D eigenvalue weighted by Crippen LogP contribution is 2.33. The Morgan fingerprint density at radius 3 is 2.66 bits per heavy atom. The Morgan fingerprint density at radius 2 is 1.97 bits per heavy atom. The van der Waals surface area contributed by atoms with Gasteiger partial charge < -0.3 is 9.15 Å². The van der Waals surface area contributed by atoms with Gasteiger partial charge in [-0.25, -0.2) is 13.8 Å². The molecule has 1 aliphatic rings. The van der Waals surface area contributed by atoms with E-state index in [2.05, 4.69) is 5.10 Å². The zero-order valence-electron chi connectivity index (χ0n) is 15.6.